The Morgan fingerprint density at radius 3 is 2.79 bits per heavy atom. The number of amides is 1. The molecule has 1 fully saturated rings. The van der Waals surface area contributed by atoms with Crippen LogP contribution in [0.2, 0.25) is 0 Å². The molecule has 0 unspecified atom stereocenters. The third kappa shape index (κ3) is 2.67. The van der Waals surface area contributed by atoms with Crippen LogP contribution in [0, 0.1) is 5.92 Å². The summed E-state index contributed by atoms with van der Waals surface area (Å²) in [5.74, 6) is 0.266. The first-order valence-corrected chi connectivity index (χ1v) is 8.17. The average Bonchev–Trinajstić information content (AvgIpc) is 3.30. The smallest absolute Gasteiger partial charge is 0.248 e. The third-order valence-electron chi connectivity index (χ3n) is 4.66. The number of hydrogen-bond donors (Lipinski definition) is 2. The maximum Gasteiger partial charge on any atom is 0.248 e. The molecule has 5 nitrogen and oxygen atoms in total. The van der Waals surface area contributed by atoms with Gasteiger partial charge in [-0.1, -0.05) is 42.3 Å². The summed E-state index contributed by atoms with van der Waals surface area (Å²) in [6.07, 6.45) is 3.55. The highest BCUT2D eigenvalue weighted by molar-refractivity contribution is 5.99. The summed E-state index contributed by atoms with van der Waals surface area (Å²) >= 11 is 0. The van der Waals surface area contributed by atoms with Gasteiger partial charge in [-0.3, -0.25) is 4.79 Å². The molecule has 1 aromatic heterocycles. The van der Waals surface area contributed by atoms with Crippen molar-refractivity contribution in [1.29, 1.82) is 0 Å². The average molecular weight is 321 g/mol. The van der Waals surface area contributed by atoms with E-state index in [1.165, 1.54) is 12.8 Å². The number of carbonyl (C=O) groups excluding carboxylic acids is 1. The molecule has 0 aliphatic heterocycles. The number of fused-ring (bicyclic) bond motifs is 1. The number of hydrogen-bond acceptors (Lipinski definition) is 4. The van der Waals surface area contributed by atoms with Crippen LogP contribution in [0.1, 0.15) is 41.2 Å². The van der Waals surface area contributed by atoms with Crippen molar-refractivity contribution in [2.45, 2.75) is 25.3 Å². The van der Waals surface area contributed by atoms with Crippen LogP contribution in [0.5, 0.6) is 0 Å². The van der Waals surface area contributed by atoms with Crippen LogP contribution in [0.4, 0.5) is 0 Å². The fraction of sp³-hybridized carbons (Fsp3) is 0.263. The summed E-state index contributed by atoms with van der Waals surface area (Å²) < 4.78 is 5.42. The molecule has 1 atom stereocenters. The van der Waals surface area contributed by atoms with Crippen molar-refractivity contribution in [2.75, 3.05) is 0 Å². The molecular formula is C19H19N3O2. The summed E-state index contributed by atoms with van der Waals surface area (Å²) in [4.78, 5) is 11.3. The van der Waals surface area contributed by atoms with Gasteiger partial charge in [0.25, 0.3) is 0 Å². The summed E-state index contributed by atoms with van der Waals surface area (Å²) in [5.41, 5.74) is 15.5. The van der Waals surface area contributed by atoms with Gasteiger partial charge < -0.3 is 16.0 Å². The lowest BCUT2D eigenvalue weighted by atomic mass is 9.94. The summed E-state index contributed by atoms with van der Waals surface area (Å²) in [6, 6.07) is 13.2. The molecule has 1 heterocycles. The molecule has 1 amide bonds. The van der Waals surface area contributed by atoms with Gasteiger partial charge >= 0.3 is 0 Å². The fourth-order valence-electron chi connectivity index (χ4n) is 3.16. The number of benzene rings is 2. The topological polar surface area (TPSA) is 95.1 Å². The van der Waals surface area contributed by atoms with Gasteiger partial charge in [-0.15, -0.1) is 0 Å². The van der Waals surface area contributed by atoms with Crippen molar-refractivity contribution >= 4 is 16.9 Å². The minimum Gasteiger partial charge on any atom is -0.366 e. The van der Waals surface area contributed by atoms with Gasteiger partial charge in [0.2, 0.25) is 5.91 Å². The van der Waals surface area contributed by atoms with E-state index in [4.69, 9.17) is 16.0 Å². The Morgan fingerprint density at radius 1 is 1.25 bits per heavy atom. The lowest BCUT2D eigenvalue weighted by Crippen LogP contribution is -2.12. The van der Waals surface area contributed by atoms with Gasteiger partial charge in [0, 0.05) is 22.6 Å². The molecule has 0 radical (unpaired) electrons. The lowest BCUT2D eigenvalue weighted by Gasteiger charge is -2.15. The first-order valence-electron chi connectivity index (χ1n) is 8.17. The number of carbonyl (C=O) groups is 1. The fourth-order valence-corrected chi connectivity index (χ4v) is 3.16. The molecule has 24 heavy (non-hydrogen) atoms. The normalized spacial score (nSPS) is 15.5. The van der Waals surface area contributed by atoms with Crippen LogP contribution in [-0.4, -0.2) is 11.1 Å². The molecule has 2 aromatic carbocycles. The Hall–Kier alpha value is -2.66. The molecule has 1 aliphatic rings. The van der Waals surface area contributed by atoms with Crippen LogP contribution in [0.15, 0.2) is 47.0 Å². The Morgan fingerprint density at radius 2 is 2.04 bits per heavy atom. The predicted molar refractivity (Wildman–Crippen MR) is 92.2 cm³/mol. The van der Waals surface area contributed by atoms with Crippen LogP contribution in [-0.2, 0) is 0 Å². The Bertz CT molecular complexity index is 912. The largest absolute Gasteiger partial charge is 0.366 e. The van der Waals surface area contributed by atoms with Crippen LogP contribution in [0.3, 0.4) is 0 Å². The van der Waals surface area contributed by atoms with Crippen molar-refractivity contribution < 1.29 is 9.32 Å². The number of nitrogens with two attached hydrogens (primary N) is 2. The Kier molecular flexibility index (Phi) is 3.58. The van der Waals surface area contributed by atoms with Crippen LogP contribution < -0.4 is 11.5 Å². The van der Waals surface area contributed by atoms with Crippen LogP contribution in [0.25, 0.3) is 22.2 Å². The number of rotatable bonds is 5. The monoisotopic (exact) mass is 321 g/mol. The van der Waals surface area contributed by atoms with Crippen molar-refractivity contribution in [3.63, 3.8) is 0 Å². The molecule has 3 aromatic rings. The number of nitrogens with zero attached hydrogens (tertiary/aromatic N) is 1. The molecule has 1 aliphatic carbocycles. The minimum atomic E-state index is -0.485. The van der Waals surface area contributed by atoms with Crippen molar-refractivity contribution in [3.8, 4) is 11.3 Å². The van der Waals surface area contributed by atoms with E-state index in [0.717, 1.165) is 34.5 Å². The highest BCUT2D eigenvalue weighted by Crippen LogP contribution is 2.39. The van der Waals surface area contributed by atoms with E-state index >= 15 is 0 Å². The molecule has 0 spiro atoms. The first-order chi connectivity index (χ1) is 11.6. The highest BCUT2D eigenvalue weighted by Gasteiger charge is 2.26. The zero-order valence-electron chi connectivity index (χ0n) is 13.2. The van der Waals surface area contributed by atoms with E-state index in [-0.39, 0.29) is 6.04 Å². The van der Waals surface area contributed by atoms with Gasteiger partial charge in [-0.2, -0.15) is 0 Å². The summed E-state index contributed by atoms with van der Waals surface area (Å²) in [7, 11) is 0. The van der Waals surface area contributed by atoms with E-state index in [0.29, 0.717) is 11.1 Å². The van der Waals surface area contributed by atoms with Crippen molar-refractivity contribution in [3.05, 3.63) is 53.6 Å². The summed E-state index contributed by atoms with van der Waals surface area (Å²) in [6.45, 7) is 0. The molecule has 4 rings (SSSR count). The quantitative estimate of drug-likeness (QED) is 0.753. The third-order valence-corrected chi connectivity index (χ3v) is 4.66. The maximum atomic E-state index is 11.3. The van der Waals surface area contributed by atoms with Gasteiger partial charge in [0.15, 0.2) is 5.58 Å². The standard InChI is InChI=1S/C19H19N3O2/c20-16(9-11-5-6-11)13-3-1-2-4-14(13)18-15-8-7-12(19(21)23)10-17(15)24-22-18/h1-4,7-8,10-11,16H,5-6,9,20H2,(H2,21,23)/t16-/m0/s1. The van der Waals surface area contributed by atoms with Gasteiger partial charge in [-0.25, -0.2) is 0 Å². The number of primary amides is 1. The SMILES string of the molecule is NC(=O)c1ccc2c(-c3ccccc3[C@@H](N)CC3CC3)noc2c1. The molecule has 4 N–H and O–H groups in total. The predicted octanol–water partition coefficient (Wildman–Crippen LogP) is 3.39. The zero-order chi connectivity index (χ0) is 16.7. The maximum absolute atomic E-state index is 11.3. The molecule has 5 heteroatoms. The molecule has 0 bridgehead atoms. The van der Waals surface area contributed by atoms with Gasteiger partial charge in [-0.05, 0) is 36.1 Å². The Balaban J connectivity index is 1.78. The van der Waals surface area contributed by atoms with E-state index in [9.17, 15) is 4.79 Å². The first kappa shape index (κ1) is 14.9. The second-order valence-electron chi connectivity index (χ2n) is 6.48. The Labute approximate surface area is 139 Å². The summed E-state index contributed by atoms with van der Waals surface area (Å²) in [5, 5.41) is 5.07. The second kappa shape index (κ2) is 5.76. The van der Waals surface area contributed by atoms with Crippen LogP contribution >= 0.6 is 0 Å². The molecular weight excluding hydrogens is 302 g/mol. The minimum absolute atomic E-state index is 0.00894. The van der Waals surface area contributed by atoms with E-state index in [2.05, 4.69) is 11.2 Å². The lowest BCUT2D eigenvalue weighted by molar-refractivity contribution is 0.100. The van der Waals surface area contributed by atoms with E-state index in [1.54, 1.807) is 12.1 Å². The molecule has 122 valence electrons. The highest BCUT2D eigenvalue weighted by atomic mass is 16.5. The van der Waals surface area contributed by atoms with Crippen molar-refractivity contribution in [2.24, 2.45) is 17.4 Å². The molecule has 0 saturated heterocycles. The van der Waals surface area contributed by atoms with Gasteiger partial charge in [0.05, 0.1) is 0 Å². The van der Waals surface area contributed by atoms with Gasteiger partial charge in [0.1, 0.15) is 5.69 Å². The van der Waals surface area contributed by atoms with Crippen molar-refractivity contribution in [1.82, 2.24) is 5.16 Å². The second-order valence-corrected chi connectivity index (χ2v) is 6.48. The van der Waals surface area contributed by atoms with E-state index < -0.39 is 5.91 Å². The zero-order valence-corrected chi connectivity index (χ0v) is 13.2. The molecule has 1 saturated carbocycles. The van der Waals surface area contributed by atoms with E-state index in [1.807, 2.05) is 24.3 Å². The number of aromatic nitrogens is 1.